The van der Waals surface area contributed by atoms with Crippen LogP contribution < -0.4 is 10.2 Å². The average molecular weight is 376 g/mol. The summed E-state index contributed by atoms with van der Waals surface area (Å²) in [7, 11) is 0. The second-order valence-electron chi connectivity index (χ2n) is 8.32. The molecule has 1 aliphatic carbocycles. The fourth-order valence-electron chi connectivity index (χ4n) is 5.80. The lowest BCUT2D eigenvalue weighted by Gasteiger charge is -2.47. The zero-order valence-corrected chi connectivity index (χ0v) is 15.9. The van der Waals surface area contributed by atoms with Crippen LogP contribution in [0.4, 0.5) is 17.1 Å². The summed E-state index contributed by atoms with van der Waals surface area (Å²) < 4.78 is 6.49. The van der Waals surface area contributed by atoms with Crippen LogP contribution in [0.2, 0.25) is 0 Å². The molecule has 1 aromatic heterocycles. The minimum atomic E-state index is -0.112. The Labute approximate surface area is 168 Å². The molecule has 3 atom stereocenters. The van der Waals surface area contributed by atoms with E-state index in [1.165, 1.54) is 33.4 Å². The number of benzene rings is 3. The molecule has 3 nitrogen and oxygen atoms in total. The predicted molar refractivity (Wildman–Crippen MR) is 119 cm³/mol. The summed E-state index contributed by atoms with van der Waals surface area (Å²) in [6.45, 7) is 4.29. The maximum Gasteiger partial charge on any atom is 0.159 e. The molecule has 29 heavy (non-hydrogen) atoms. The third kappa shape index (κ3) is 1.70. The predicted octanol–water partition coefficient (Wildman–Crippen LogP) is 6.49. The number of allylic oxidation sites excluding steroid dienone is 2. The molecule has 3 aromatic carbocycles. The fraction of sp³-hybridized carbons (Fsp3) is 0.154. The molecule has 0 bridgehead atoms. The van der Waals surface area contributed by atoms with Crippen molar-refractivity contribution in [2.75, 3.05) is 10.2 Å². The van der Waals surface area contributed by atoms with Gasteiger partial charge in [0.25, 0.3) is 0 Å². The first-order chi connectivity index (χ1) is 14.3. The smallest absolute Gasteiger partial charge is 0.159 e. The molecule has 4 aromatic rings. The van der Waals surface area contributed by atoms with Gasteiger partial charge in [0, 0.05) is 22.1 Å². The van der Waals surface area contributed by atoms with Crippen molar-refractivity contribution in [2.24, 2.45) is 5.92 Å². The van der Waals surface area contributed by atoms with Crippen LogP contribution in [0.15, 0.2) is 89.9 Å². The first-order valence-corrected chi connectivity index (χ1v) is 10.2. The largest absolute Gasteiger partial charge is 0.454 e. The highest BCUT2D eigenvalue weighted by atomic mass is 16.3. The van der Waals surface area contributed by atoms with Gasteiger partial charge in [-0.1, -0.05) is 60.7 Å². The lowest BCUT2D eigenvalue weighted by molar-refractivity contribution is 0.364. The molecular formula is C26H20N2O. The molecule has 0 fully saturated rings. The third-order valence-corrected chi connectivity index (χ3v) is 7.11. The molecule has 140 valence electrons. The van der Waals surface area contributed by atoms with Gasteiger partial charge >= 0.3 is 0 Å². The Bertz CT molecular complexity index is 1360. The van der Waals surface area contributed by atoms with Crippen LogP contribution >= 0.6 is 0 Å². The molecule has 3 aliphatic rings. The molecular weight excluding hydrogens is 356 g/mol. The number of fused-ring (bicyclic) bond motifs is 12. The van der Waals surface area contributed by atoms with Crippen LogP contribution in [-0.4, -0.2) is 6.17 Å². The van der Waals surface area contributed by atoms with E-state index >= 15 is 0 Å². The van der Waals surface area contributed by atoms with Gasteiger partial charge in [-0.2, -0.15) is 0 Å². The standard InChI is InChI=1S/C26H20N2O/c1-2-26-15-7-9-19(26)25-27-20-10-4-5-11-21(20)28(25)23-18(26)14-13-17-16-8-3-6-12-22(16)29-24(17)23/h2-14,19,25,27H,1,15H2. The van der Waals surface area contributed by atoms with E-state index in [0.717, 1.165) is 17.6 Å². The molecule has 3 heteroatoms. The van der Waals surface area contributed by atoms with Crippen LogP contribution in [0, 0.1) is 5.92 Å². The highest BCUT2D eigenvalue weighted by molar-refractivity contribution is 6.11. The monoisotopic (exact) mass is 376 g/mol. The number of anilines is 3. The first kappa shape index (κ1) is 15.5. The van der Waals surface area contributed by atoms with Crippen molar-refractivity contribution in [2.45, 2.75) is 18.0 Å². The Morgan fingerprint density at radius 3 is 2.83 bits per heavy atom. The average Bonchev–Trinajstić information content (AvgIpc) is 3.46. The number of rotatable bonds is 1. The molecule has 7 rings (SSSR count). The van der Waals surface area contributed by atoms with Crippen molar-refractivity contribution in [1.82, 2.24) is 0 Å². The first-order valence-electron chi connectivity index (χ1n) is 10.2. The molecule has 1 N–H and O–H groups in total. The second kappa shape index (κ2) is 5.12. The van der Waals surface area contributed by atoms with E-state index in [4.69, 9.17) is 4.42 Å². The quantitative estimate of drug-likeness (QED) is 0.385. The number of nitrogens with zero attached hydrogens (tertiary/aromatic N) is 1. The van der Waals surface area contributed by atoms with Crippen molar-refractivity contribution >= 4 is 39.0 Å². The minimum absolute atomic E-state index is 0.112. The highest BCUT2D eigenvalue weighted by Gasteiger charge is 2.54. The van der Waals surface area contributed by atoms with Gasteiger partial charge in [-0.25, -0.2) is 0 Å². The molecule has 3 heterocycles. The lowest BCUT2D eigenvalue weighted by atomic mass is 9.67. The van der Waals surface area contributed by atoms with Gasteiger partial charge in [0.2, 0.25) is 0 Å². The Morgan fingerprint density at radius 1 is 1.03 bits per heavy atom. The minimum Gasteiger partial charge on any atom is -0.454 e. The number of para-hydroxylation sites is 3. The van der Waals surface area contributed by atoms with Gasteiger partial charge in [0.15, 0.2) is 5.58 Å². The molecule has 2 aliphatic heterocycles. The molecule has 0 spiro atoms. The molecule has 0 radical (unpaired) electrons. The molecule has 3 unspecified atom stereocenters. The van der Waals surface area contributed by atoms with Gasteiger partial charge < -0.3 is 14.6 Å². The number of nitrogens with one attached hydrogen (secondary N) is 1. The maximum atomic E-state index is 6.49. The number of furan rings is 1. The Morgan fingerprint density at radius 2 is 1.90 bits per heavy atom. The van der Waals surface area contributed by atoms with Gasteiger partial charge in [0.1, 0.15) is 11.7 Å². The van der Waals surface area contributed by atoms with E-state index in [0.29, 0.717) is 5.92 Å². The van der Waals surface area contributed by atoms with E-state index in [-0.39, 0.29) is 11.6 Å². The van der Waals surface area contributed by atoms with E-state index < -0.39 is 0 Å². The van der Waals surface area contributed by atoms with Crippen molar-refractivity contribution in [1.29, 1.82) is 0 Å². The molecule has 0 saturated heterocycles. The topological polar surface area (TPSA) is 28.4 Å². The fourth-order valence-corrected chi connectivity index (χ4v) is 5.80. The Balaban J connectivity index is 1.64. The van der Waals surface area contributed by atoms with Gasteiger partial charge in [0.05, 0.1) is 17.1 Å². The van der Waals surface area contributed by atoms with Crippen LogP contribution in [0.3, 0.4) is 0 Å². The SMILES string of the molecule is C=CC12CC=CC1C1Nc3ccccc3N1c1c2ccc2c1oc1ccccc12. The summed E-state index contributed by atoms with van der Waals surface area (Å²) in [5.41, 5.74) is 6.68. The van der Waals surface area contributed by atoms with Crippen LogP contribution in [0.1, 0.15) is 12.0 Å². The molecule has 0 amide bonds. The highest BCUT2D eigenvalue weighted by Crippen LogP contribution is 2.59. The zero-order chi connectivity index (χ0) is 19.2. The van der Waals surface area contributed by atoms with Gasteiger partial charge in [-0.05, 0) is 30.2 Å². The van der Waals surface area contributed by atoms with E-state index in [9.17, 15) is 0 Å². The van der Waals surface area contributed by atoms with Crippen molar-refractivity contribution in [3.05, 3.63) is 91.0 Å². The summed E-state index contributed by atoms with van der Waals surface area (Å²) in [5.74, 6) is 0.321. The Hall–Kier alpha value is -3.46. The zero-order valence-electron chi connectivity index (χ0n) is 15.9. The van der Waals surface area contributed by atoms with Crippen LogP contribution in [-0.2, 0) is 5.41 Å². The van der Waals surface area contributed by atoms with Gasteiger partial charge in [-0.3, -0.25) is 0 Å². The van der Waals surface area contributed by atoms with E-state index in [1.54, 1.807) is 0 Å². The summed E-state index contributed by atoms with van der Waals surface area (Å²) in [6, 6.07) is 21.4. The van der Waals surface area contributed by atoms with E-state index in [2.05, 4.69) is 89.6 Å². The third-order valence-electron chi connectivity index (χ3n) is 7.11. The van der Waals surface area contributed by atoms with Gasteiger partial charge in [-0.15, -0.1) is 6.58 Å². The van der Waals surface area contributed by atoms with Crippen LogP contribution in [0.5, 0.6) is 0 Å². The lowest BCUT2D eigenvalue weighted by Crippen LogP contribution is -2.51. The Kier molecular flexibility index (Phi) is 2.73. The van der Waals surface area contributed by atoms with Crippen molar-refractivity contribution in [3.8, 4) is 0 Å². The summed E-state index contributed by atoms with van der Waals surface area (Å²) in [6.07, 6.45) is 7.96. The van der Waals surface area contributed by atoms with Crippen molar-refractivity contribution in [3.63, 3.8) is 0 Å². The normalized spacial score (nSPS) is 26.1. The van der Waals surface area contributed by atoms with E-state index in [1.807, 2.05) is 6.07 Å². The van der Waals surface area contributed by atoms with Crippen LogP contribution in [0.25, 0.3) is 21.9 Å². The molecule has 0 saturated carbocycles. The summed E-state index contributed by atoms with van der Waals surface area (Å²) in [4.78, 5) is 2.46. The van der Waals surface area contributed by atoms with Crippen molar-refractivity contribution < 1.29 is 4.42 Å². The number of hydrogen-bond donors (Lipinski definition) is 1. The maximum absolute atomic E-state index is 6.49. The number of hydrogen-bond acceptors (Lipinski definition) is 3. The summed E-state index contributed by atoms with van der Waals surface area (Å²) in [5, 5.41) is 6.13. The second-order valence-corrected chi connectivity index (χ2v) is 8.32. The summed E-state index contributed by atoms with van der Waals surface area (Å²) >= 11 is 0.